The summed E-state index contributed by atoms with van der Waals surface area (Å²) in [6.45, 7) is 6.03. The first-order valence-electron chi connectivity index (χ1n) is 13.9. The first-order chi connectivity index (χ1) is 19.8. The van der Waals surface area contributed by atoms with Gasteiger partial charge in [-0.15, -0.1) is 0 Å². The molecule has 7 rings (SSSR count). The smallest absolute Gasteiger partial charge is 0.241 e. The van der Waals surface area contributed by atoms with Crippen LogP contribution in [-0.2, 0) is 16.9 Å². The summed E-state index contributed by atoms with van der Waals surface area (Å²) in [7, 11) is 1.57. The Morgan fingerprint density at radius 2 is 1.71 bits per heavy atom. The van der Waals surface area contributed by atoms with Gasteiger partial charge in [-0.05, 0) is 61.6 Å². The van der Waals surface area contributed by atoms with Crippen molar-refractivity contribution in [1.82, 2.24) is 0 Å². The van der Waals surface area contributed by atoms with Crippen LogP contribution in [0.5, 0.6) is 40.2 Å². The molecule has 0 spiro atoms. The summed E-state index contributed by atoms with van der Waals surface area (Å²) in [6, 6.07) is 11.4. The third-order valence-electron chi connectivity index (χ3n) is 8.39. The number of aromatic hydroxyl groups is 1. The first kappa shape index (κ1) is 25.8. The number of phenols is 1. The van der Waals surface area contributed by atoms with E-state index >= 15 is 0 Å². The highest BCUT2D eigenvalue weighted by Crippen LogP contribution is 2.60. The Bertz CT molecular complexity index is 1560. The van der Waals surface area contributed by atoms with Crippen LogP contribution in [0.15, 0.2) is 36.4 Å². The zero-order valence-corrected chi connectivity index (χ0v) is 23.4. The number of rotatable bonds is 6. The molecule has 0 amide bonds. The molecule has 1 N–H and O–H groups in total. The Kier molecular flexibility index (Phi) is 5.97. The van der Waals surface area contributed by atoms with E-state index in [-0.39, 0.29) is 55.0 Å². The van der Waals surface area contributed by atoms with Crippen LogP contribution in [0.1, 0.15) is 65.4 Å². The summed E-state index contributed by atoms with van der Waals surface area (Å²) in [5, 5.41) is 11.3. The standard InChI is InChI=1S/C32H32O9/c1-16(2)9-22(33)28-29(34)17(3)30(35-4)21-11-20-13-25(18-5-7-23-26(10-18)38-14-36-23)40-32(20,41-31(21)28)19-6-8-24-27(12-19)39-15-37-24/h5-8,10,12,16,20,25,34H,9,11,13-15H2,1-4H3/t20-,25-,32-/m0/s1. The lowest BCUT2D eigenvalue weighted by atomic mass is 9.80. The van der Waals surface area contributed by atoms with Gasteiger partial charge in [-0.3, -0.25) is 4.79 Å². The minimum atomic E-state index is -1.27. The van der Waals surface area contributed by atoms with Crippen LogP contribution in [0.25, 0.3) is 0 Å². The van der Waals surface area contributed by atoms with Gasteiger partial charge in [0.2, 0.25) is 19.4 Å². The van der Waals surface area contributed by atoms with Crippen LogP contribution < -0.4 is 28.4 Å². The SMILES string of the molecule is COc1c(C)c(O)c(C(=O)CC(C)C)c2c1C[C@H]1C[C@@H](c3ccc4c(c3)OCO4)O[C@@]1(c1ccc3c(c1)OCO3)O2. The van der Waals surface area contributed by atoms with Crippen molar-refractivity contribution in [2.75, 3.05) is 20.7 Å². The molecule has 1 saturated heterocycles. The fourth-order valence-electron chi connectivity index (χ4n) is 6.47. The number of ketones is 1. The topological polar surface area (TPSA) is 102 Å². The lowest BCUT2D eigenvalue weighted by Gasteiger charge is -2.41. The predicted molar refractivity (Wildman–Crippen MR) is 146 cm³/mol. The van der Waals surface area contributed by atoms with Crippen molar-refractivity contribution in [2.24, 2.45) is 11.8 Å². The molecule has 1 fully saturated rings. The van der Waals surface area contributed by atoms with Crippen molar-refractivity contribution < 1.29 is 43.1 Å². The van der Waals surface area contributed by atoms with Crippen LogP contribution >= 0.6 is 0 Å². The average Bonchev–Trinajstić information content (AvgIpc) is 3.70. The maximum absolute atomic E-state index is 13.6. The molecule has 9 heteroatoms. The number of phenolic OH excluding ortho intramolecular Hbond substituents is 1. The first-order valence-corrected chi connectivity index (χ1v) is 13.9. The Hall–Kier alpha value is -4.11. The number of ether oxygens (including phenoxy) is 7. The van der Waals surface area contributed by atoms with Gasteiger partial charge >= 0.3 is 0 Å². The van der Waals surface area contributed by atoms with E-state index in [9.17, 15) is 9.90 Å². The second-order valence-corrected chi connectivity index (χ2v) is 11.4. The van der Waals surface area contributed by atoms with Crippen molar-refractivity contribution in [2.45, 2.75) is 51.9 Å². The molecule has 0 unspecified atom stereocenters. The quantitative estimate of drug-likeness (QED) is 0.366. The van der Waals surface area contributed by atoms with Crippen LogP contribution in [0.4, 0.5) is 0 Å². The van der Waals surface area contributed by atoms with Gasteiger partial charge in [0.25, 0.3) is 0 Å². The third kappa shape index (κ3) is 3.97. The Morgan fingerprint density at radius 1 is 1.02 bits per heavy atom. The summed E-state index contributed by atoms with van der Waals surface area (Å²) in [6.07, 6.45) is 1.06. The number of carbonyl (C=O) groups excluding carboxylic acids is 1. The van der Waals surface area contributed by atoms with E-state index in [2.05, 4.69) is 0 Å². The molecule has 214 valence electrons. The second-order valence-electron chi connectivity index (χ2n) is 11.4. The lowest BCUT2D eigenvalue weighted by Crippen LogP contribution is -2.43. The molecule has 4 heterocycles. The highest BCUT2D eigenvalue weighted by atomic mass is 16.7. The van der Waals surface area contributed by atoms with E-state index in [1.807, 2.05) is 50.2 Å². The lowest BCUT2D eigenvalue weighted by molar-refractivity contribution is -0.209. The van der Waals surface area contributed by atoms with Gasteiger partial charge in [0.15, 0.2) is 28.8 Å². The maximum Gasteiger partial charge on any atom is 0.241 e. The normalized spacial score (nSPS) is 23.2. The molecule has 41 heavy (non-hydrogen) atoms. The van der Waals surface area contributed by atoms with Crippen molar-refractivity contribution in [3.8, 4) is 40.2 Å². The van der Waals surface area contributed by atoms with E-state index in [0.717, 1.165) is 16.7 Å². The van der Waals surface area contributed by atoms with Crippen LogP contribution in [0.2, 0.25) is 0 Å². The average molecular weight is 561 g/mol. The number of carbonyl (C=O) groups is 1. The third-order valence-corrected chi connectivity index (χ3v) is 8.39. The molecule has 0 bridgehead atoms. The summed E-state index contributed by atoms with van der Waals surface area (Å²) in [5.74, 6) is 1.78. The molecule has 4 aliphatic heterocycles. The van der Waals surface area contributed by atoms with Gasteiger partial charge in [-0.25, -0.2) is 0 Å². The van der Waals surface area contributed by atoms with E-state index < -0.39 is 5.79 Å². The highest BCUT2D eigenvalue weighted by Gasteiger charge is 2.57. The molecular formula is C32H32O9. The van der Waals surface area contributed by atoms with E-state index in [0.29, 0.717) is 52.9 Å². The number of methoxy groups -OCH3 is 1. The fraction of sp³-hybridized carbons (Fsp3) is 0.406. The zero-order chi connectivity index (χ0) is 28.5. The van der Waals surface area contributed by atoms with Gasteiger partial charge < -0.3 is 38.3 Å². The van der Waals surface area contributed by atoms with Crippen LogP contribution in [0.3, 0.4) is 0 Å². The number of hydrogen-bond donors (Lipinski definition) is 1. The van der Waals surface area contributed by atoms with Crippen LogP contribution in [-0.4, -0.2) is 31.6 Å². The number of hydrogen-bond acceptors (Lipinski definition) is 9. The molecule has 9 nitrogen and oxygen atoms in total. The molecule has 0 saturated carbocycles. The van der Waals surface area contributed by atoms with Crippen molar-refractivity contribution >= 4 is 5.78 Å². The van der Waals surface area contributed by atoms with Gasteiger partial charge in [0.1, 0.15) is 22.8 Å². The molecule has 0 aromatic heterocycles. The largest absolute Gasteiger partial charge is 0.507 e. The summed E-state index contributed by atoms with van der Waals surface area (Å²) in [5.41, 5.74) is 3.11. The minimum Gasteiger partial charge on any atom is -0.507 e. The number of fused-ring (bicyclic) bond motifs is 4. The molecule has 3 aromatic carbocycles. The van der Waals surface area contributed by atoms with Crippen molar-refractivity contribution in [3.05, 3.63) is 64.2 Å². The van der Waals surface area contributed by atoms with Gasteiger partial charge in [-0.2, -0.15) is 0 Å². The van der Waals surface area contributed by atoms with Crippen LogP contribution in [0, 0.1) is 18.8 Å². The van der Waals surface area contributed by atoms with Gasteiger partial charge in [-0.1, -0.05) is 19.9 Å². The Labute approximate surface area is 237 Å². The predicted octanol–water partition coefficient (Wildman–Crippen LogP) is 5.96. The zero-order valence-electron chi connectivity index (χ0n) is 23.4. The molecule has 4 aliphatic rings. The monoisotopic (exact) mass is 560 g/mol. The number of Topliss-reactive ketones (excluding diaryl/α,β-unsaturated/α-hetero) is 1. The van der Waals surface area contributed by atoms with Crippen molar-refractivity contribution in [1.29, 1.82) is 0 Å². The minimum absolute atomic E-state index is 0.0947. The second kappa shape index (κ2) is 9.48. The van der Waals surface area contributed by atoms with Gasteiger partial charge in [0, 0.05) is 29.0 Å². The fourth-order valence-corrected chi connectivity index (χ4v) is 6.47. The Morgan fingerprint density at radius 3 is 2.41 bits per heavy atom. The molecular weight excluding hydrogens is 528 g/mol. The molecule has 3 aromatic rings. The number of benzene rings is 3. The van der Waals surface area contributed by atoms with Gasteiger partial charge in [0.05, 0.1) is 13.2 Å². The van der Waals surface area contributed by atoms with E-state index in [1.54, 1.807) is 14.0 Å². The van der Waals surface area contributed by atoms with E-state index in [4.69, 9.17) is 33.2 Å². The summed E-state index contributed by atoms with van der Waals surface area (Å²) >= 11 is 0. The van der Waals surface area contributed by atoms with E-state index in [1.165, 1.54) is 0 Å². The summed E-state index contributed by atoms with van der Waals surface area (Å²) < 4.78 is 42.0. The molecule has 0 aliphatic carbocycles. The Balaban J connectivity index is 1.39. The summed E-state index contributed by atoms with van der Waals surface area (Å²) in [4.78, 5) is 13.6. The van der Waals surface area contributed by atoms with Crippen molar-refractivity contribution in [3.63, 3.8) is 0 Å². The maximum atomic E-state index is 13.6. The molecule has 3 atom stereocenters. The highest BCUT2D eigenvalue weighted by molar-refractivity contribution is 6.03. The molecule has 0 radical (unpaired) electrons.